The van der Waals surface area contributed by atoms with Crippen molar-refractivity contribution in [3.05, 3.63) is 82.5 Å². The number of hydrogen-bond acceptors (Lipinski definition) is 4. The van der Waals surface area contributed by atoms with E-state index in [1.807, 2.05) is 0 Å². The van der Waals surface area contributed by atoms with Crippen LogP contribution in [0.15, 0.2) is 65.6 Å². The standard InChI is InChI=1S/C20H17FN2O4/c1-26-15-8-6-14(7-9-15)22-19(24)16-4-3-11-23(20(16)25)17-10-5-13(21)12-18(17)27-2/h3-12H,1-2H3,(H,22,24). The molecule has 1 amide bonds. The Hall–Kier alpha value is -3.61. The SMILES string of the molecule is COc1ccc(NC(=O)c2cccn(-c3ccc(F)cc3OC)c2=O)cc1. The molecule has 0 aliphatic heterocycles. The number of rotatable bonds is 5. The van der Waals surface area contributed by atoms with Crippen molar-refractivity contribution < 1.29 is 18.7 Å². The summed E-state index contributed by atoms with van der Waals surface area (Å²) in [7, 11) is 2.92. The molecule has 0 radical (unpaired) electrons. The summed E-state index contributed by atoms with van der Waals surface area (Å²) in [5.41, 5.74) is 0.256. The maximum atomic E-state index is 13.4. The van der Waals surface area contributed by atoms with Gasteiger partial charge in [0, 0.05) is 18.0 Å². The van der Waals surface area contributed by atoms with Crippen molar-refractivity contribution in [1.29, 1.82) is 0 Å². The fourth-order valence-electron chi connectivity index (χ4n) is 2.58. The Labute approximate surface area is 154 Å². The molecule has 6 nitrogen and oxygen atoms in total. The molecule has 0 unspecified atom stereocenters. The molecule has 0 saturated heterocycles. The van der Waals surface area contributed by atoms with E-state index in [4.69, 9.17) is 9.47 Å². The first kappa shape index (κ1) is 18.2. The predicted molar refractivity (Wildman–Crippen MR) is 99.5 cm³/mol. The van der Waals surface area contributed by atoms with Crippen molar-refractivity contribution in [3.63, 3.8) is 0 Å². The van der Waals surface area contributed by atoms with Gasteiger partial charge in [-0.05, 0) is 48.5 Å². The first-order chi connectivity index (χ1) is 13.0. The Morgan fingerprint density at radius 3 is 2.44 bits per heavy atom. The van der Waals surface area contributed by atoms with E-state index >= 15 is 0 Å². The number of hydrogen-bond donors (Lipinski definition) is 1. The van der Waals surface area contributed by atoms with Gasteiger partial charge < -0.3 is 14.8 Å². The lowest BCUT2D eigenvalue weighted by Gasteiger charge is -2.12. The molecule has 7 heteroatoms. The second-order valence-corrected chi connectivity index (χ2v) is 5.60. The van der Waals surface area contributed by atoms with Gasteiger partial charge in [0.1, 0.15) is 22.9 Å². The average Bonchev–Trinajstić information content (AvgIpc) is 2.69. The van der Waals surface area contributed by atoms with Gasteiger partial charge in [-0.15, -0.1) is 0 Å². The van der Waals surface area contributed by atoms with Gasteiger partial charge >= 0.3 is 0 Å². The van der Waals surface area contributed by atoms with Crippen molar-refractivity contribution in [2.75, 3.05) is 19.5 Å². The molecule has 2 aromatic carbocycles. The smallest absolute Gasteiger partial charge is 0.268 e. The highest BCUT2D eigenvalue weighted by Crippen LogP contribution is 2.22. The third kappa shape index (κ3) is 3.82. The summed E-state index contributed by atoms with van der Waals surface area (Å²) < 4.78 is 24.9. The summed E-state index contributed by atoms with van der Waals surface area (Å²) in [5, 5.41) is 2.67. The molecule has 1 N–H and O–H groups in total. The molecule has 0 aliphatic carbocycles. The summed E-state index contributed by atoms with van der Waals surface area (Å²) in [6, 6.07) is 13.5. The summed E-state index contributed by atoms with van der Waals surface area (Å²) in [5.74, 6) is -0.207. The van der Waals surface area contributed by atoms with Crippen molar-refractivity contribution in [2.24, 2.45) is 0 Å². The number of carbonyl (C=O) groups is 1. The van der Waals surface area contributed by atoms with Crippen LogP contribution in [-0.2, 0) is 0 Å². The van der Waals surface area contributed by atoms with Crippen LogP contribution in [0.2, 0.25) is 0 Å². The summed E-state index contributed by atoms with van der Waals surface area (Å²) in [6.07, 6.45) is 1.49. The predicted octanol–water partition coefficient (Wildman–Crippen LogP) is 3.25. The zero-order chi connectivity index (χ0) is 19.4. The van der Waals surface area contributed by atoms with Crippen LogP contribution >= 0.6 is 0 Å². The second kappa shape index (κ2) is 7.74. The topological polar surface area (TPSA) is 69.6 Å². The number of halogens is 1. The largest absolute Gasteiger partial charge is 0.497 e. The zero-order valence-electron chi connectivity index (χ0n) is 14.7. The van der Waals surface area contributed by atoms with Crippen LogP contribution in [-0.4, -0.2) is 24.7 Å². The number of pyridine rings is 1. The van der Waals surface area contributed by atoms with E-state index in [0.29, 0.717) is 17.1 Å². The minimum Gasteiger partial charge on any atom is -0.497 e. The number of carbonyl (C=O) groups excluding carboxylic acids is 1. The van der Waals surface area contributed by atoms with Gasteiger partial charge in [-0.3, -0.25) is 14.2 Å². The highest BCUT2D eigenvalue weighted by atomic mass is 19.1. The van der Waals surface area contributed by atoms with Crippen LogP contribution < -0.4 is 20.3 Å². The molecular weight excluding hydrogens is 351 g/mol. The number of amides is 1. The van der Waals surface area contributed by atoms with E-state index in [9.17, 15) is 14.0 Å². The normalized spacial score (nSPS) is 10.3. The van der Waals surface area contributed by atoms with Gasteiger partial charge in [0.15, 0.2) is 0 Å². The van der Waals surface area contributed by atoms with Crippen LogP contribution in [0.25, 0.3) is 5.69 Å². The lowest BCUT2D eigenvalue weighted by molar-refractivity contribution is 0.102. The highest BCUT2D eigenvalue weighted by Gasteiger charge is 2.15. The van der Waals surface area contributed by atoms with Gasteiger partial charge in [0.05, 0.1) is 19.9 Å². The number of nitrogens with zero attached hydrogens (tertiary/aromatic N) is 1. The molecule has 0 spiro atoms. The van der Waals surface area contributed by atoms with Gasteiger partial charge in [0.2, 0.25) is 0 Å². The Morgan fingerprint density at radius 1 is 1.04 bits per heavy atom. The molecular formula is C20H17FN2O4. The van der Waals surface area contributed by atoms with E-state index in [1.54, 1.807) is 37.4 Å². The Kier molecular flexibility index (Phi) is 5.21. The third-order valence-corrected chi connectivity index (χ3v) is 3.94. The van der Waals surface area contributed by atoms with Crippen molar-refractivity contribution >= 4 is 11.6 Å². The zero-order valence-corrected chi connectivity index (χ0v) is 14.7. The van der Waals surface area contributed by atoms with Crippen LogP contribution in [0.3, 0.4) is 0 Å². The fourth-order valence-corrected chi connectivity index (χ4v) is 2.58. The molecule has 0 aliphatic rings. The summed E-state index contributed by atoms with van der Waals surface area (Å²) in [4.78, 5) is 25.3. The Balaban J connectivity index is 1.95. The monoisotopic (exact) mass is 368 g/mol. The van der Waals surface area contributed by atoms with Gasteiger partial charge in [-0.1, -0.05) is 0 Å². The highest BCUT2D eigenvalue weighted by molar-refractivity contribution is 6.04. The van der Waals surface area contributed by atoms with E-state index in [-0.39, 0.29) is 11.3 Å². The van der Waals surface area contributed by atoms with Gasteiger partial charge in [-0.25, -0.2) is 4.39 Å². The van der Waals surface area contributed by atoms with Gasteiger partial charge in [-0.2, -0.15) is 0 Å². The minimum atomic E-state index is -0.555. The van der Waals surface area contributed by atoms with Crippen LogP contribution in [0.5, 0.6) is 11.5 Å². The number of aromatic nitrogens is 1. The molecule has 1 aromatic heterocycles. The number of benzene rings is 2. The van der Waals surface area contributed by atoms with Crippen LogP contribution in [0.1, 0.15) is 10.4 Å². The minimum absolute atomic E-state index is 0.0558. The molecule has 0 atom stereocenters. The third-order valence-electron chi connectivity index (χ3n) is 3.94. The van der Waals surface area contributed by atoms with Crippen molar-refractivity contribution in [2.45, 2.75) is 0 Å². The first-order valence-corrected chi connectivity index (χ1v) is 8.04. The maximum absolute atomic E-state index is 13.4. The first-order valence-electron chi connectivity index (χ1n) is 8.04. The second-order valence-electron chi connectivity index (χ2n) is 5.60. The van der Waals surface area contributed by atoms with Crippen molar-refractivity contribution in [1.82, 2.24) is 4.57 Å². The van der Waals surface area contributed by atoms with Crippen molar-refractivity contribution in [3.8, 4) is 17.2 Å². The number of anilines is 1. The van der Waals surface area contributed by atoms with E-state index in [0.717, 1.165) is 0 Å². The molecule has 3 rings (SSSR count). The number of methoxy groups -OCH3 is 2. The maximum Gasteiger partial charge on any atom is 0.268 e. The Bertz CT molecular complexity index is 1030. The summed E-state index contributed by atoms with van der Waals surface area (Å²) >= 11 is 0. The molecule has 0 fully saturated rings. The average molecular weight is 368 g/mol. The molecule has 0 bridgehead atoms. The molecule has 1 heterocycles. The van der Waals surface area contributed by atoms with E-state index in [1.165, 1.54) is 42.1 Å². The number of nitrogens with one attached hydrogen (secondary N) is 1. The fraction of sp³-hybridized carbons (Fsp3) is 0.100. The van der Waals surface area contributed by atoms with Gasteiger partial charge in [0.25, 0.3) is 11.5 Å². The quantitative estimate of drug-likeness (QED) is 0.751. The molecule has 3 aromatic rings. The molecule has 0 saturated carbocycles. The number of ether oxygens (including phenoxy) is 2. The summed E-state index contributed by atoms with van der Waals surface area (Å²) in [6.45, 7) is 0. The lowest BCUT2D eigenvalue weighted by atomic mass is 10.2. The van der Waals surface area contributed by atoms with E-state index in [2.05, 4.69) is 5.32 Å². The molecule has 27 heavy (non-hydrogen) atoms. The lowest BCUT2D eigenvalue weighted by Crippen LogP contribution is -2.28. The van der Waals surface area contributed by atoms with Crippen LogP contribution in [0.4, 0.5) is 10.1 Å². The van der Waals surface area contributed by atoms with Crippen LogP contribution in [0, 0.1) is 5.82 Å². The van der Waals surface area contributed by atoms with E-state index < -0.39 is 17.3 Å². The molecule has 138 valence electrons. The Morgan fingerprint density at radius 2 is 1.78 bits per heavy atom.